The molecule has 0 aliphatic heterocycles. The number of hydrogen-bond donors (Lipinski definition) is 1. The molecule has 0 spiro atoms. The lowest BCUT2D eigenvalue weighted by Crippen LogP contribution is -2.18. The van der Waals surface area contributed by atoms with Crippen LogP contribution in [0.4, 0.5) is 18.9 Å². The number of anilines is 1. The van der Waals surface area contributed by atoms with Crippen LogP contribution < -0.4 is 10.1 Å². The first-order valence-corrected chi connectivity index (χ1v) is 9.42. The van der Waals surface area contributed by atoms with Gasteiger partial charge in [-0.3, -0.25) is 4.79 Å². The summed E-state index contributed by atoms with van der Waals surface area (Å²) < 4.78 is 44.2. The van der Waals surface area contributed by atoms with Crippen molar-refractivity contribution in [2.24, 2.45) is 0 Å². The number of para-hydroxylation sites is 1. The van der Waals surface area contributed by atoms with Crippen LogP contribution in [0.15, 0.2) is 65.7 Å². The molecule has 2 aromatic carbocycles. The van der Waals surface area contributed by atoms with E-state index in [-0.39, 0.29) is 11.4 Å². The van der Waals surface area contributed by atoms with Crippen molar-refractivity contribution in [3.63, 3.8) is 0 Å². The molecule has 0 aliphatic rings. The molecule has 0 bridgehead atoms. The summed E-state index contributed by atoms with van der Waals surface area (Å²) in [6.45, 7) is 0. The van der Waals surface area contributed by atoms with Crippen LogP contribution in [0, 0.1) is 0 Å². The molecule has 150 valence electrons. The normalized spacial score (nSPS) is 11.2. The van der Waals surface area contributed by atoms with Gasteiger partial charge >= 0.3 is 6.18 Å². The summed E-state index contributed by atoms with van der Waals surface area (Å²) >= 11 is 1.08. The van der Waals surface area contributed by atoms with Crippen molar-refractivity contribution in [1.82, 2.24) is 10.2 Å². The van der Waals surface area contributed by atoms with Gasteiger partial charge < -0.3 is 10.1 Å². The Kier molecular flexibility index (Phi) is 6.38. The van der Waals surface area contributed by atoms with E-state index >= 15 is 0 Å². The van der Waals surface area contributed by atoms with Gasteiger partial charge in [0.1, 0.15) is 10.8 Å². The first-order valence-electron chi connectivity index (χ1n) is 8.44. The number of nitrogens with one attached hydrogen (secondary N) is 1. The lowest BCUT2D eigenvalue weighted by atomic mass is 10.1. The Morgan fingerprint density at radius 1 is 1.07 bits per heavy atom. The molecule has 1 aromatic heterocycles. The summed E-state index contributed by atoms with van der Waals surface area (Å²) in [5, 5.41) is 11.0. The monoisotopic (exact) mass is 419 g/mol. The van der Waals surface area contributed by atoms with Gasteiger partial charge in [-0.2, -0.15) is 13.2 Å². The summed E-state index contributed by atoms with van der Waals surface area (Å²) in [4.78, 5) is 12.1. The third-order valence-electron chi connectivity index (χ3n) is 3.86. The molecule has 0 fully saturated rings. The Hall–Kier alpha value is -3.07. The number of amides is 1. The smallest absolute Gasteiger partial charge is 0.418 e. The number of thioether (sulfide) groups is 1. The van der Waals surface area contributed by atoms with Crippen molar-refractivity contribution < 1.29 is 22.7 Å². The minimum atomic E-state index is -4.54. The van der Waals surface area contributed by atoms with Crippen LogP contribution in [0.1, 0.15) is 5.56 Å². The van der Waals surface area contributed by atoms with Gasteiger partial charge in [0.25, 0.3) is 0 Å². The van der Waals surface area contributed by atoms with Gasteiger partial charge in [-0.1, -0.05) is 36.0 Å². The van der Waals surface area contributed by atoms with Gasteiger partial charge in [-0.15, -0.1) is 10.2 Å². The SMILES string of the molecule is COc1cccc(-c2ccc(SCC(=O)Nc3ccccc3C(F)(F)F)nn2)c1. The number of hydrogen-bond acceptors (Lipinski definition) is 5. The van der Waals surface area contributed by atoms with E-state index < -0.39 is 17.6 Å². The van der Waals surface area contributed by atoms with E-state index in [0.29, 0.717) is 16.5 Å². The highest BCUT2D eigenvalue weighted by atomic mass is 32.2. The molecule has 3 aromatic rings. The van der Waals surface area contributed by atoms with Crippen LogP contribution in [0.25, 0.3) is 11.3 Å². The van der Waals surface area contributed by atoms with Crippen LogP contribution >= 0.6 is 11.8 Å². The summed E-state index contributed by atoms with van der Waals surface area (Å²) in [5.74, 6) is 0.0308. The Bertz CT molecular complexity index is 995. The number of ether oxygens (including phenoxy) is 1. The maximum absolute atomic E-state index is 13.0. The summed E-state index contributed by atoms with van der Waals surface area (Å²) in [6.07, 6.45) is -4.54. The lowest BCUT2D eigenvalue weighted by Gasteiger charge is -2.13. The predicted molar refractivity (Wildman–Crippen MR) is 105 cm³/mol. The second-order valence-corrected chi connectivity index (χ2v) is 6.86. The first-order chi connectivity index (χ1) is 13.9. The molecule has 0 unspecified atom stereocenters. The van der Waals surface area contributed by atoms with Gasteiger partial charge in [0.05, 0.1) is 29.8 Å². The van der Waals surface area contributed by atoms with Gasteiger partial charge in [-0.25, -0.2) is 0 Å². The van der Waals surface area contributed by atoms with E-state index in [1.54, 1.807) is 19.2 Å². The van der Waals surface area contributed by atoms with E-state index in [4.69, 9.17) is 4.74 Å². The zero-order valence-electron chi connectivity index (χ0n) is 15.2. The number of alkyl halides is 3. The van der Waals surface area contributed by atoms with E-state index in [2.05, 4.69) is 15.5 Å². The number of aromatic nitrogens is 2. The fourth-order valence-corrected chi connectivity index (χ4v) is 3.11. The molecule has 9 heteroatoms. The molecule has 29 heavy (non-hydrogen) atoms. The van der Waals surface area contributed by atoms with Crippen molar-refractivity contribution >= 4 is 23.4 Å². The molecular weight excluding hydrogens is 403 g/mol. The molecule has 1 heterocycles. The van der Waals surface area contributed by atoms with Gasteiger partial charge in [0.15, 0.2) is 0 Å². The lowest BCUT2D eigenvalue weighted by molar-refractivity contribution is -0.137. The quantitative estimate of drug-likeness (QED) is 0.576. The maximum atomic E-state index is 13.0. The summed E-state index contributed by atoms with van der Waals surface area (Å²) in [6, 6.07) is 15.6. The highest BCUT2D eigenvalue weighted by Gasteiger charge is 2.33. The van der Waals surface area contributed by atoms with Crippen molar-refractivity contribution in [1.29, 1.82) is 0 Å². The van der Waals surface area contributed by atoms with Crippen LogP contribution in [0.2, 0.25) is 0 Å². The molecule has 3 rings (SSSR count). The second kappa shape index (κ2) is 8.95. The zero-order chi connectivity index (χ0) is 20.9. The van der Waals surface area contributed by atoms with Gasteiger partial charge in [0, 0.05) is 5.56 Å². The largest absolute Gasteiger partial charge is 0.497 e. The third-order valence-corrected chi connectivity index (χ3v) is 4.78. The standard InChI is InChI=1S/C20H16F3N3O2S/c1-28-14-6-4-5-13(11-14)16-9-10-19(26-25-16)29-12-18(27)24-17-8-3-2-7-15(17)20(21,22)23/h2-11H,12H2,1H3,(H,24,27). The molecule has 1 amide bonds. The minimum Gasteiger partial charge on any atom is -0.497 e. The van der Waals surface area contributed by atoms with Gasteiger partial charge in [0.2, 0.25) is 5.91 Å². The van der Waals surface area contributed by atoms with Crippen molar-refractivity contribution in [3.8, 4) is 17.0 Å². The molecule has 0 aliphatic carbocycles. The molecular formula is C20H16F3N3O2S. The summed E-state index contributed by atoms with van der Waals surface area (Å²) in [5.41, 5.74) is 0.303. The van der Waals surface area contributed by atoms with Crippen LogP contribution in [0.5, 0.6) is 5.75 Å². The van der Waals surface area contributed by atoms with Gasteiger partial charge in [-0.05, 0) is 36.4 Å². The molecule has 0 radical (unpaired) electrons. The molecule has 0 atom stereocenters. The molecule has 0 saturated heterocycles. The number of rotatable bonds is 6. The van der Waals surface area contributed by atoms with Crippen molar-refractivity contribution in [2.45, 2.75) is 11.2 Å². The van der Waals surface area contributed by atoms with Crippen LogP contribution in [-0.2, 0) is 11.0 Å². The fourth-order valence-electron chi connectivity index (χ4n) is 2.50. The highest BCUT2D eigenvalue weighted by Crippen LogP contribution is 2.34. The van der Waals surface area contributed by atoms with Crippen LogP contribution in [0.3, 0.4) is 0 Å². The predicted octanol–water partition coefficient (Wildman–Crippen LogP) is 4.90. The zero-order valence-corrected chi connectivity index (χ0v) is 16.1. The van der Waals surface area contributed by atoms with E-state index in [1.807, 2.05) is 24.3 Å². The molecule has 0 saturated carbocycles. The number of carbonyl (C=O) groups excluding carboxylic acids is 1. The fraction of sp³-hybridized carbons (Fsp3) is 0.150. The third kappa shape index (κ3) is 5.47. The topological polar surface area (TPSA) is 64.1 Å². The average Bonchev–Trinajstić information content (AvgIpc) is 2.72. The number of methoxy groups -OCH3 is 1. The minimum absolute atomic E-state index is 0.0978. The second-order valence-electron chi connectivity index (χ2n) is 5.87. The maximum Gasteiger partial charge on any atom is 0.418 e. The Labute approximate surface area is 169 Å². The first kappa shape index (κ1) is 20.7. The highest BCUT2D eigenvalue weighted by molar-refractivity contribution is 7.99. The van der Waals surface area contributed by atoms with E-state index in [1.165, 1.54) is 18.2 Å². The average molecular weight is 419 g/mol. The molecule has 1 N–H and O–H groups in total. The van der Waals surface area contributed by atoms with Crippen molar-refractivity contribution in [3.05, 3.63) is 66.2 Å². The van der Waals surface area contributed by atoms with E-state index in [0.717, 1.165) is 23.4 Å². The number of benzene rings is 2. The Balaban J connectivity index is 1.61. The number of halogens is 3. The molecule has 5 nitrogen and oxygen atoms in total. The summed E-state index contributed by atoms with van der Waals surface area (Å²) in [7, 11) is 1.57. The number of nitrogens with zero attached hydrogens (tertiary/aromatic N) is 2. The Morgan fingerprint density at radius 2 is 1.86 bits per heavy atom. The Morgan fingerprint density at radius 3 is 2.55 bits per heavy atom. The number of carbonyl (C=O) groups is 1. The van der Waals surface area contributed by atoms with E-state index in [9.17, 15) is 18.0 Å². The van der Waals surface area contributed by atoms with Crippen molar-refractivity contribution in [2.75, 3.05) is 18.2 Å². The van der Waals surface area contributed by atoms with Crippen LogP contribution in [-0.4, -0.2) is 29.0 Å².